The highest BCUT2D eigenvalue weighted by Gasteiger charge is 2.07. The number of carbonyl (C=O) groups is 1. The Labute approximate surface area is 119 Å². The van der Waals surface area contributed by atoms with Gasteiger partial charge in [-0.25, -0.2) is 4.98 Å². The number of benzene rings is 1. The second-order valence-corrected chi connectivity index (χ2v) is 4.74. The van der Waals surface area contributed by atoms with Gasteiger partial charge in [0.1, 0.15) is 5.15 Å². The van der Waals surface area contributed by atoms with E-state index in [9.17, 15) is 4.79 Å². The van der Waals surface area contributed by atoms with Gasteiger partial charge in [0, 0.05) is 21.9 Å². The van der Waals surface area contributed by atoms with Crippen LogP contribution in [0.2, 0.25) is 15.2 Å². The fourth-order valence-corrected chi connectivity index (χ4v) is 1.98. The topological polar surface area (TPSA) is 42.0 Å². The van der Waals surface area contributed by atoms with E-state index in [0.29, 0.717) is 26.4 Å². The van der Waals surface area contributed by atoms with Crippen LogP contribution in [0.5, 0.6) is 0 Å². The zero-order valence-electron chi connectivity index (χ0n) is 8.95. The largest absolute Gasteiger partial charge is 0.322 e. The molecule has 0 aliphatic heterocycles. The van der Waals surface area contributed by atoms with Gasteiger partial charge in [-0.05, 0) is 30.3 Å². The van der Waals surface area contributed by atoms with Crippen molar-refractivity contribution in [2.45, 2.75) is 0 Å². The summed E-state index contributed by atoms with van der Waals surface area (Å²) >= 11 is 17.3. The average molecular weight is 302 g/mol. The Kier molecular flexibility index (Phi) is 4.07. The molecule has 6 heteroatoms. The molecule has 0 fully saturated rings. The van der Waals surface area contributed by atoms with Crippen LogP contribution in [-0.4, -0.2) is 10.9 Å². The lowest BCUT2D eigenvalue weighted by molar-refractivity contribution is 0.102. The standard InChI is InChI=1S/C12H7Cl3N2O/c13-8-3-9(14)5-10(4-8)17-12(18)7-1-2-11(15)16-6-7/h1-6H,(H,17,18). The molecule has 3 nitrogen and oxygen atoms in total. The molecule has 0 saturated heterocycles. The Hall–Kier alpha value is -1.29. The number of carbonyl (C=O) groups excluding carboxylic acids is 1. The summed E-state index contributed by atoms with van der Waals surface area (Å²) in [5.41, 5.74) is 0.919. The van der Waals surface area contributed by atoms with Gasteiger partial charge in [-0.2, -0.15) is 0 Å². The van der Waals surface area contributed by atoms with Gasteiger partial charge in [-0.3, -0.25) is 4.79 Å². The summed E-state index contributed by atoms with van der Waals surface area (Å²) in [5, 5.41) is 3.90. The maximum Gasteiger partial charge on any atom is 0.257 e. The third-order valence-corrected chi connectivity index (χ3v) is 2.77. The summed E-state index contributed by atoms with van der Waals surface area (Å²) in [7, 11) is 0. The quantitative estimate of drug-likeness (QED) is 0.841. The lowest BCUT2D eigenvalue weighted by Crippen LogP contribution is -2.12. The Morgan fingerprint density at radius 2 is 1.72 bits per heavy atom. The summed E-state index contributed by atoms with van der Waals surface area (Å²) in [6.07, 6.45) is 1.39. The van der Waals surface area contributed by atoms with E-state index in [1.165, 1.54) is 6.20 Å². The van der Waals surface area contributed by atoms with E-state index in [1.807, 2.05) is 0 Å². The van der Waals surface area contributed by atoms with Crippen molar-refractivity contribution in [2.75, 3.05) is 5.32 Å². The first-order valence-electron chi connectivity index (χ1n) is 4.93. The molecule has 1 amide bonds. The first kappa shape index (κ1) is 13.1. The molecule has 0 aliphatic carbocycles. The molecule has 92 valence electrons. The molecule has 0 atom stereocenters. The molecule has 1 heterocycles. The van der Waals surface area contributed by atoms with Crippen LogP contribution < -0.4 is 5.32 Å². The Balaban J connectivity index is 2.18. The van der Waals surface area contributed by atoms with Gasteiger partial charge in [0.15, 0.2) is 0 Å². The Bertz CT molecular complexity index is 564. The van der Waals surface area contributed by atoms with Crippen molar-refractivity contribution in [2.24, 2.45) is 0 Å². The molecule has 0 radical (unpaired) electrons. The van der Waals surface area contributed by atoms with E-state index in [0.717, 1.165) is 0 Å². The maximum atomic E-state index is 11.9. The molecule has 1 aromatic carbocycles. The maximum absolute atomic E-state index is 11.9. The van der Waals surface area contributed by atoms with Crippen LogP contribution in [-0.2, 0) is 0 Å². The van der Waals surface area contributed by atoms with Crippen molar-refractivity contribution in [3.63, 3.8) is 0 Å². The first-order chi connectivity index (χ1) is 8.54. The average Bonchev–Trinajstić information content (AvgIpc) is 2.28. The molecule has 0 bridgehead atoms. The van der Waals surface area contributed by atoms with Crippen LogP contribution in [0.1, 0.15) is 10.4 Å². The molecule has 0 saturated carbocycles. The van der Waals surface area contributed by atoms with E-state index in [2.05, 4.69) is 10.3 Å². The SMILES string of the molecule is O=C(Nc1cc(Cl)cc(Cl)c1)c1ccc(Cl)nc1. The minimum atomic E-state index is -0.308. The summed E-state index contributed by atoms with van der Waals surface area (Å²) in [6.45, 7) is 0. The lowest BCUT2D eigenvalue weighted by atomic mass is 10.2. The number of amides is 1. The van der Waals surface area contributed by atoms with Crippen molar-refractivity contribution < 1.29 is 4.79 Å². The highest BCUT2D eigenvalue weighted by atomic mass is 35.5. The normalized spacial score (nSPS) is 10.2. The van der Waals surface area contributed by atoms with E-state index >= 15 is 0 Å². The minimum absolute atomic E-state index is 0.308. The van der Waals surface area contributed by atoms with Gasteiger partial charge in [0.05, 0.1) is 5.56 Å². The Morgan fingerprint density at radius 3 is 2.28 bits per heavy atom. The predicted molar refractivity (Wildman–Crippen MR) is 73.7 cm³/mol. The third kappa shape index (κ3) is 3.35. The molecule has 1 aromatic heterocycles. The van der Waals surface area contributed by atoms with Crippen molar-refractivity contribution in [3.8, 4) is 0 Å². The van der Waals surface area contributed by atoms with Gasteiger partial charge < -0.3 is 5.32 Å². The van der Waals surface area contributed by atoms with Crippen molar-refractivity contribution >= 4 is 46.4 Å². The first-order valence-corrected chi connectivity index (χ1v) is 6.07. The molecular formula is C12H7Cl3N2O. The van der Waals surface area contributed by atoms with E-state index in [4.69, 9.17) is 34.8 Å². The van der Waals surface area contributed by atoms with Crippen LogP contribution in [0.25, 0.3) is 0 Å². The van der Waals surface area contributed by atoms with E-state index in [-0.39, 0.29) is 5.91 Å². The zero-order chi connectivity index (χ0) is 13.1. The lowest BCUT2D eigenvalue weighted by Gasteiger charge is -2.06. The molecule has 0 unspecified atom stereocenters. The molecule has 2 rings (SSSR count). The van der Waals surface area contributed by atoms with Gasteiger partial charge in [-0.1, -0.05) is 34.8 Å². The number of rotatable bonds is 2. The summed E-state index contributed by atoms with van der Waals surface area (Å²) < 4.78 is 0. The van der Waals surface area contributed by atoms with Crippen LogP contribution in [0, 0.1) is 0 Å². The highest BCUT2D eigenvalue weighted by Crippen LogP contribution is 2.22. The highest BCUT2D eigenvalue weighted by molar-refractivity contribution is 6.35. The summed E-state index contributed by atoms with van der Waals surface area (Å²) in [5.74, 6) is -0.308. The molecule has 0 spiro atoms. The monoisotopic (exact) mass is 300 g/mol. The number of hydrogen-bond donors (Lipinski definition) is 1. The molecule has 18 heavy (non-hydrogen) atoms. The molecule has 2 aromatic rings. The molecular weight excluding hydrogens is 295 g/mol. The number of hydrogen-bond acceptors (Lipinski definition) is 2. The zero-order valence-corrected chi connectivity index (χ0v) is 11.2. The molecule has 0 aliphatic rings. The number of nitrogens with one attached hydrogen (secondary N) is 1. The van der Waals surface area contributed by atoms with E-state index in [1.54, 1.807) is 30.3 Å². The Morgan fingerprint density at radius 1 is 1.06 bits per heavy atom. The van der Waals surface area contributed by atoms with Crippen molar-refractivity contribution in [3.05, 3.63) is 57.3 Å². The number of halogens is 3. The third-order valence-electron chi connectivity index (χ3n) is 2.11. The van der Waals surface area contributed by atoms with Crippen LogP contribution in [0.3, 0.4) is 0 Å². The fourth-order valence-electron chi connectivity index (χ4n) is 1.34. The second-order valence-electron chi connectivity index (χ2n) is 3.48. The second kappa shape index (κ2) is 5.57. The van der Waals surface area contributed by atoms with Crippen molar-refractivity contribution in [1.82, 2.24) is 4.98 Å². The fraction of sp³-hybridized carbons (Fsp3) is 0. The van der Waals surface area contributed by atoms with Gasteiger partial charge >= 0.3 is 0 Å². The number of anilines is 1. The summed E-state index contributed by atoms with van der Waals surface area (Å²) in [4.78, 5) is 15.7. The van der Waals surface area contributed by atoms with Gasteiger partial charge in [0.25, 0.3) is 5.91 Å². The number of pyridine rings is 1. The minimum Gasteiger partial charge on any atom is -0.322 e. The smallest absolute Gasteiger partial charge is 0.257 e. The predicted octanol–water partition coefficient (Wildman–Crippen LogP) is 4.29. The van der Waals surface area contributed by atoms with Gasteiger partial charge in [-0.15, -0.1) is 0 Å². The van der Waals surface area contributed by atoms with E-state index < -0.39 is 0 Å². The van der Waals surface area contributed by atoms with Crippen LogP contribution in [0.4, 0.5) is 5.69 Å². The number of aromatic nitrogens is 1. The number of nitrogens with zero attached hydrogens (tertiary/aromatic N) is 1. The van der Waals surface area contributed by atoms with Crippen molar-refractivity contribution in [1.29, 1.82) is 0 Å². The van der Waals surface area contributed by atoms with Crippen LogP contribution in [0.15, 0.2) is 36.5 Å². The molecule has 1 N–H and O–H groups in total. The van der Waals surface area contributed by atoms with Gasteiger partial charge in [0.2, 0.25) is 0 Å². The summed E-state index contributed by atoms with van der Waals surface area (Å²) in [6, 6.07) is 7.92. The van der Waals surface area contributed by atoms with Crippen LogP contribution >= 0.6 is 34.8 Å².